The van der Waals surface area contributed by atoms with Crippen molar-refractivity contribution in [3.8, 4) is 5.75 Å². The van der Waals surface area contributed by atoms with Crippen LogP contribution in [-0.4, -0.2) is 37.7 Å². The normalized spacial score (nSPS) is 23.8. The highest BCUT2D eigenvalue weighted by atomic mass is 35.5. The van der Waals surface area contributed by atoms with Gasteiger partial charge in [-0.1, -0.05) is 18.5 Å². The summed E-state index contributed by atoms with van der Waals surface area (Å²) in [5, 5.41) is 0.743. The Kier molecular flexibility index (Phi) is 6.14. The lowest BCUT2D eigenvalue weighted by Crippen LogP contribution is -2.43. The van der Waals surface area contributed by atoms with E-state index >= 15 is 0 Å². The molecule has 1 heterocycles. The minimum absolute atomic E-state index is 0.654. The van der Waals surface area contributed by atoms with Gasteiger partial charge in [0, 0.05) is 18.1 Å². The van der Waals surface area contributed by atoms with Gasteiger partial charge in [0.05, 0.1) is 6.61 Å². The second kappa shape index (κ2) is 7.87. The Morgan fingerprint density at radius 1 is 1.35 bits per heavy atom. The van der Waals surface area contributed by atoms with E-state index in [0.29, 0.717) is 5.92 Å². The van der Waals surface area contributed by atoms with Crippen molar-refractivity contribution in [2.45, 2.75) is 19.8 Å². The number of benzene rings is 1. The van der Waals surface area contributed by atoms with Crippen LogP contribution in [0, 0.1) is 11.8 Å². The van der Waals surface area contributed by atoms with E-state index in [9.17, 15) is 0 Å². The molecule has 1 saturated heterocycles. The Morgan fingerprint density at radius 3 is 2.80 bits per heavy atom. The highest BCUT2D eigenvalue weighted by Crippen LogP contribution is 2.22. The average molecular weight is 297 g/mol. The summed E-state index contributed by atoms with van der Waals surface area (Å²) in [5.74, 6) is 2.31. The molecule has 2 atom stereocenters. The van der Waals surface area contributed by atoms with Gasteiger partial charge in [-0.15, -0.1) is 0 Å². The lowest BCUT2D eigenvalue weighted by atomic mass is 9.87. The molecule has 0 amide bonds. The van der Waals surface area contributed by atoms with Crippen molar-refractivity contribution in [1.29, 1.82) is 0 Å². The van der Waals surface area contributed by atoms with E-state index in [1.807, 2.05) is 24.3 Å². The van der Waals surface area contributed by atoms with Crippen LogP contribution in [0.1, 0.15) is 19.8 Å². The maximum atomic E-state index is 5.84. The highest BCUT2D eigenvalue weighted by Gasteiger charge is 2.24. The van der Waals surface area contributed by atoms with Crippen LogP contribution >= 0.6 is 11.6 Å². The molecule has 1 aliphatic rings. The molecule has 112 valence electrons. The molecule has 0 radical (unpaired) electrons. The molecule has 1 aliphatic heterocycles. The monoisotopic (exact) mass is 296 g/mol. The molecule has 20 heavy (non-hydrogen) atoms. The molecule has 0 spiro atoms. The first-order valence-electron chi connectivity index (χ1n) is 7.50. The van der Waals surface area contributed by atoms with Crippen LogP contribution in [0.5, 0.6) is 5.75 Å². The van der Waals surface area contributed by atoms with Crippen LogP contribution in [0.4, 0.5) is 0 Å². The number of halogens is 1. The van der Waals surface area contributed by atoms with Gasteiger partial charge in [-0.25, -0.2) is 0 Å². The lowest BCUT2D eigenvalue weighted by Gasteiger charge is -2.36. The zero-order valence-corrected chi connectivity index (χ0v) is 13.0. The zero-order chi connectivity index (χ0) is 14.4. The molecule has 2 unspecified atom stereocenters. The van der Waals surface area contributed by atoms with Gasteiger partial charge < -0.3 is 15.4 Å². The van der Waals surface area contributed by atoms with Crippen molar-refractivity contribution >= 4 is 11.6 Å². The SMILES string of the molecule is CC1CCN(CCCOc2ccc(Cl)cc2)CC1CN. The number of nitrogens with two attached hydrogens (primary N) is 1. The first-order valence-corrected chi connectivity index (χ1v) is 7.87. The number of nitrogens with zero attached hydrogens (tertiary/aromatic N) is 1. The van der Waals surface area contributed by atoms with E-state index in [1.54, 1.807) is 0 Å². The Labute approximate surface area is 127 Å². The zero-order valence-electron chi connectivity index (χ0n) is 12.2. The topological polar surface area (TPSA) is 38.5 Å². The van der Waals surface area contributed by atoms with Gasteiger partial charge in [0.25, 0.3) is 0 Å². The summed E-state index contributed by atoms with van der Waals surface area (Å²) in [7, 11) is 0. The summed E-state index contributed by atoms with van der Waals surface area (Å²) in [6, 6.07) is 7.54. The minimum atomic E-state index is 0.654. The summed E-state index contributed by atoms with van der Waals surface area (Å²) >= 11 is 5.84. The van der Waals surface area contributed by atoms with E-state index in [4.69, 9.17) is 22.1 Å². The molecule has 0 saturated carbocycles. The van der Waals surface area contributed by atoms with Gasteiger partial charge >= 0.3 is 0 Å². The fourth-order valence-electron chi connectivity index (χ4n) is 2.74. The molecule has 2 rings (SSSR count). The van der Waals surface area contributed by atoms with Gasteiger partial charge in [-0.3, -0.25) is 0 Å². The number of piperidine rings is 1. The molecular formula is C16H25ClN2O. The Morgan fingerprint density at radius 2 is 2.10 bits per heavy atom. The first kappa shape index (κ1) is 15.6. The third kappa shape index (κ3) is 4.65. The van der Waals surface area contributed by atoms with E-state index in [1.165, 1.54) is 13.0 Å². The molecular weight excluding hydrogens is 272 g/mol. The van der Waals surface area contributed by atoms with Crippen molar-refractivity contribution in [3.05, 3.63) is 29.3 Å². The van der Waals surface area contributed by atoms with Crippen molar-refractivity contribution in [2.75, 3.05) is 32.8 Å². The largest absolute Gasteiger partial charge is 0.494 e. The van der Waals surface area contributed by atoms with Crippen LogP contribution in [0.15, 0.2) is 24.3 Å². The van der Waals surface area contributed by atoms with Crippen LogP contribution in [0.3, 0.4) is 0 Å². The average Bonchev–Trinajstić information content (AvgIpc) is 2.47. The standard InChI is InChI=1S/C16H25ClN2O/c1-13-7-9-19(12-14(13)11-18)8-2-10-20-16-5-3-15(17)4-6-16/h3-6,13-14H,2,7-12,18H2,1H3. The quantitative estimate of drug-likeness (QED) is 0.820. The highest BCUT2D eigenvalue weighted by molar-refractivity contribution is 6.30. The van der Waals surface area contributed by atoms with Crippen LogP contribution in [0.2, 0.25) is 5.02 Å². The van der Waals surface area contributed by atoms with Crippen LogP contribution in [0.25, 0.3) is 0 Å². The molecule has 1 aromatic carbocycles. The molecule has 0 aliphatic carbocycles. The summed E-state index contributed by atoms with van der Waals surface area (Å²) in [6.07, 6.45) is 2.31. The molecule has 1 aromatic rings. The Balaban J connectivity index is 1.65. The number of hydrogen-bond donors (Lipinski definition) is 1. The molecule has 1 fully saturated rings. The predicted molar refractivity (Wildman–Crippen MR) is 84.3 cm³/mol. The van der Waals surface area contributed by atoms with Crippen LogP contribution < -0.4 is 10.5 Å². The van der Waals surface area contributed by atoms with Crippen molar-refractivity contribution in [3.63, 3.8) is 0 Å². The van der Waals surface area contributed by atoms with Crippen molar-refractivity contribution in [1.82, 2.24) is 4.90 Å². The third-order valence-corrected chi connectivity index (χ3v) is 4.45. The third-order valence-electron chi connectivity index (χ3n) is 4.20. The maximum Gasteiger partial charge on any atom is 0.119 e. The molecule has 4 heteroatoms. The fraction of sp³-hybridized carbons (Fsp3) is 0.625. The molecule has 2 N–H and O–H groups in total. The van der Waals surface area contributed by atoms with Crippen LogP contribution in [-0.2, 0) is 0 Å². The van der Waals surface area contributed by atoms with Gasteiger partial charge in [0.15, 0.2) is 0 Å². The summed E-state index contributed by atoms with van der Waals surface area (Å²) in [5.41, 5.74) is 5.84. The number of hydrogen-bond acceptors (Lipinski definition) is 3. The second-order valence-corrected chi connectivity index (χ2v) is 6.15. The molecule has 3 nitrogen and oxygen atoms in total. The summed E-state index contributed by atoms with van der Waals surface area (Å²) < 4.78 is 5.72. The lowest BCUT2D eigenvalue weighted by molar-refractivity contribution is 0.125. The van der Waals surface area contributed by atoms with E-state index in [0.717, 1.165) is 49.4 Å². The minimum Gasteiger partial charge on any atom is -0.494 e. The summed E-state index contributed by atoms with van der Waals surface area (Å²) in [6.45, 7) is 7.30. The fourth-order valence-corrected chi connectivity index (χ4v) is 2.87. The predicted octanol–water partition coefficient (Wildman–Crippen LogP) is 3.03. The van der Waals surface area contributed by atoms with Gasteiger partial charge in [-0.05, 0) is 62.0 Å². The van der Waals surface area contributed by atoms with Gasteiger partial charge in [-0.2, -0.15) is 0 Å². The Hall–Kier alpha value is -0.770. The van der Waals surface area contributed by atoms with E-state index in [2.05, 4.69) is 11.8 Å². The number of ether oxygens (including phenoxy) is 1. The van der Waals surface area contributed by atoms with Gasteiger partial charge in [0.1, 0.15) is 5.75 Å². The van der Waals surface area contributed by atoms with E-state index in [-0.39, 0.29) is 0 Å². The van der Waals surface area contributed by atoms with Gasteiger partial charge in [0.2, 0.25) is 0 Å². The number of rotatable bonds is 6. The summed E-state index contributed by atoms with van der Waals surface area (Å²) in [4.78, 5) is 2.52. The van der Waals surface area contributed by atoms with Crippen molar-refractivity contribution in [2.24, 2.45) is 17.6 Å². The van der Waals surface area contributed by atoms with Crippen molar-refractivity contribution < 1.29 is 4.74 Å². The smallest absolute Gasteiger partial charge is 0.119 e. The molecule has 0 aromatic heterocycles. The Bertz CT molecular complexity index is 396. The second-order valence-electron chi connectivity index (χ2n) is 5.72. The maximum absolute atomic E-state index is 5.84. The van der Waals surface area contributed by atoms with E-state index < -0.39 is 0 Å². The molecule has 0 bridgehead atoms. The first-order chi connectivity index (χ1) is 9.69. The number of likely N-dealkylation sites (tertiary alicyclic amines) is 1.